The van der Waals surface area contributed by atoms with Gasteiger partial charge in [0.05, 0.1) is 6.61 Å². The summed E-state index contributed by atoms with van der Waals surface area (Å²) in [7, 11) is 0. The molecule has 0 aliphatic heterocycles. The molecule has 0 fully saturated rings. The Labute approximate surface area is 228 Å². The highest BCUT2D eigenvalue weighted by Crippen LogP contribution is 2.30. The summed E-state index contributed by atoms with van der Waals surface area (Å²) in [6.07, 6.45) is 34.0. The summed E-state index contributed by atoms with van der Waals surface area (Å²) in [5, 5.41) is 0. The van der Waals surface area contributed by atoms with Gasteiger partial charge in [-0.15, -0.1) is 0 Å². The fourth-order valence-corrected chi connectivity index (χ4v) is 5.84. The molecule has 0 aromatic carbocycles. The predicted octanol–water partition coefficient (Wildman–Crippen LogP) is 12.0. The van der Waals surface area contributed by atoms with Crippen molar-refractivity contribution >= 4 is 5.97 Å². The van der Waals surface area contributed by atoms with Crippen molar-refractivity contribution in [1.29, 1.82) is 0 Å². The molecule has 0 aromatic rings. The molecule has 0 bridgehead atoms. The fraction of sp³-hybridized carbons (Fsp3) is 0.971. The van der Waals surface area contributed by atoms with Crippen LogP contribution in [-0.2, 0) is 9.53 Å². The van der Waals surface area contributed by atoms with Gasteiger partial charge in [0.2, 0.25) is 0 Å². The Morgan fingerprint density at radius 1 is 0.444 bits per heavy atom. The van der Waals surface area contributed by atoms with Gasteiger partial charge in [-0.25, -0.2) is 0 Å². The number of hydrogen-bond donors (Lipinski definition) is 0. The summed E-state index contributed by atoms with van der Waals surface area (Å²) >= 11 is 0. The van der Waals surface area contributed by atoms with E-state index >= 15 is 0 Å². The van der Waals surface area contributed by atoms with Gasteiger partial charge in [0.15, 0.2) is 0 Å². The maximum absolute atomic E-state index is 12.2. The SMILES string of the molecule is CCCCCCCCCCCCCCCCCC(=O)OCC[C@@H](CCC)[C@@H](CCC)CCCCCC. The predicted molar refractivity (Wildman–Crippen MR) is 161 cm³/mol. The summed E-state index contributed by atoms with van der Waals surface area (Å²) in [5.74, 6) is 1.59. The molecule has 0 aliphatic rings. The van der Waals surface area contributed by atoms with Gasteiger partial charge in [-0.2, -0.15) is 0 Å². The zero-order valence-electron chi connectivity index (χ0n) is 25.6. The first kappa shape index (κ1) is 35.5. The largest absolute Gasteiger partial charge is 0.466 e. The number of carbonyl (C=O) groups excluding carboxylic acids is 1. The molecule has 0 radical (unpaired) electrons. The molecule has 0 amide bonds. The van der Waals surface area contributed by atoms with Crippen LogP contribution >= 0.6 is 0 Å². The van der Waals surface area contributed by atoms with Crippen molar-refractivity contribution in [3.8, 4) is 0 Å². The maximum atomic E-state index is 12.2. The lowest BCUT2D eigenvalue weighted by atomic mass is 9.80. The van der Waals surface area contributed by atoms with Gasteiger partial charge in [-0.05, 0) is 24.7 Å². The van der Waals surface area contributed by atoms with Crippen molar-refractivity contribution in [2.24, 2.45) is 11.8 Å². The van der Waals surface area contributed by atoms with Crippen LogP contribution in [0.1, 0.15) is 195 Å². The molecule has 0 aliphatic carbocycles. The van der Waals surface area contributed by atoms with Crippen molar-refractivity contribution in [2.45, 2.75) is 195 Å². The van der Waals surface area contributed by atoms with Crippen molar-refractivity contribution in [3.05, 3.63) is 0 Å². The molecule has 2 heteroatoms. The van der Waals surface area contributed by atoms with E-state index < -0.39 is 0 Å². The Balaban J connectivity index is 3.72. The molecule has 0 aromatic heterocycles. The van der Waals surface area contributed by atoms with Crippen molar-refractivity contribution in [2.75, 3.05) is 6.61 Å². The number of ether oxygens (including phenoxy) is 1. The summed E-state index contributed by atoms with van der Waals surface area (Å²) in [4.78, 5) is 12.2. The molecule has 0 spiro atoms. The van der Waals surface area contributed by atoms with E-state index in [2.05, 4.69) is 27.7 Å². The molecule has 216 valence electrons. The molecule has 0 unspecified atom stereocenters. The Morgan fingerprint density at radius 2 is 0.833 bits per heavy atom. The van der Waals surface area contributed by atoms with E-state index in [1.165, 1.54) is 148 Å². The molecule has 0 saturated heterocycles. The van der Waals surface area contributed by atoms with Crippen LogP contribution in [0, 0.1) is 11.8 Å². The lowest BCUT2D eigenvalue weighted by Crippen LogP contribution is -2.18. The van der Waals surface area contributed by atoms with Crippen LogP contribution in [0.5, 0.6) is 0 Å². The monoisotopic (exact) mass is 509 g/mol. The first-order valence-corrected chi connectivity index (χ1v) is 16.8. The molecule has 2 nitrogen and oxygen atoms in total. The summed E-state index contributed by atoms with van der Waals surface area (Å²) < 4.78 is 5.67. The van der Waals surface area contributed by atoms with Crippen molar-refractivity contribution < 1.29 is 9.53 Å². The number of hydrogen-bond acceptors (Lipinski definition) is 2. The third-order valence-electron chi connectivity index (χ3n) is 8.15. The molecular weight excluding hydrogens is 440 g/mol. The molecule has 2 atom stereocenters. The highest BCUT2D eigenvalue weighted by atomic mass is 16.5. The Hall–Kier alpha value is -0.530. The Kier molecular flexibility index (Phi) is 28.6. The van der Waals surface area contributed by atoms with Gasteiger partial charge < -0.3 is 4.74 Å². The number of esters is 1. The van der Waals surface area contributed by atoms with Crippen LogP contribution < -0.4 is 0 Å². The first-order chi connectivity index (χ1) is 17.7. The lowest BCUT2D eigenvalue weighted by molar-refractivity contribution is -0.144. The molecule has 36 heavy (non-hydrogen) atoms. The van der Waals surface area contributed by atoms with E-state index in [0.717, 1.165) is 24.7 Å². The van der Waals surface area contributed by atoms with Gasteiger partial charge in [-0.3, -0.25) is 4.79 Å². The van der Waals surface area contributed by atoms with Gasteiger partial charge in [-0.1, -0.05) is 175 Å². The molecule has 0 N–H and O–H groups in total. The molecular formula is C34H68O2. The highest BCUT2D eigenvalue weighted by molar-refractivity contribution is 5.69. The maximum Gasteiger partial charge on any atom is 0.305 e. The van der Waals surface area contributed by atoms with E-state index in [9.17, 15) is 4.79 Å². The molecule has 0 saturated carbocycles. The minimum absolute atomic E-state index is 0.0370. The highest BCUT2D eigenvalue weighted by Gasteiger charge is 2.20. The quantitative estimate of drug-likeness (QED) is 0.0741. The Bertz CT molecular complexity index is 433. The minimum atomic E-state index is 0.0370. The number of rotatable bonds is 29. The number of unbranched alkanes of at least 4 members (excludes halogenated alkanes) is 17. The first-order valence-electron chi connectivity index (χ1n) is 16.8. The normalized spacial score (nSPS) is 13.1. The molecule has 0 heterocycles. The van der Waals surface area contributed by atoms with Crippen LogP contribution in [0.15, 0.2) is 0 Å². The number of carbonyl (C=O) groups is 1. The van der Waals surface area contributed by atoms with Crippen molar-refractivity contribution in [1.82, 2.24) is 0 Å². The van der Waals surface area contributed by atoms with E-state index in [4.69, 9.17) is 4.74 Å². The second-order valence-electron chi connectivity index (χ2n) is 11.7. The third-order valence-corrected chi connectivity index (χ3v) is 8.15. The van der Waals surface area contributed by atoms with Crippen LogP contribution in [0.2, 0.25) is 0 Å². The minimum Gasteiger partial charge on any atom is -0.466 e. The smallest absolute Gasteiger partial charge is 0.305 e. The second kappa shape index (κ2) is 29.0. The van der Waals surface area contributed by atoms with E-state index in [0.29, 0.717) is 13.0 Å². The lowest BCUT2D eigenvalue weighted by Gasteiger charge is -2.27. The van der Waals surface area contributed by atoms with Gasteiger partial charge >= 0.3 is 5.97 Å². The topological polar surface area (TPSA) is 26.3 Å². The van der Waals surface area contributed by atoms with E-state index in [-0.39, 0.29) is 5.97 Å². The van der Waals surface area contributed by atoms with Crippen LogP contribution in [0.25, 0.3) is 0 Å². The zero-order chi connectivity index (χ0) is 26.5. The standard InChI is InChI=1S/C34H68O2/c1-5-9-11-13-14-15-16-17-18-19-20-21-22-23-25-29-34(35)36-31-30-33(27-8-4)32(26-7-3)28-24-12-10-6-2/h32-33H,5-31H2,1-4H3/t32-,33+/m0/s1. The summed E-state index contributed by atoms with van der Waals surface area (Å²) in [6.45, 7) is 9.83. The van der Waals surface area contributed by atoms with E-state index in [1.807, 2.05) is 0 Å². The van der Waals surface area contributed by atoms with Crippen molar-refractivity contribution in [3.63, 3.8) is 0 Å². The second-order valence-corrected chi connectivity index (χ2v) is 11.7. The fourth-order valence-electron chi connectivity index (χ4n) is 5.84. The van der Waals surface area contributed by atoms with Gasteiger partial charge in [0.25, 0.3) is 0 Å². The van der Waals surface area contributed by atoms with Gasteiger partial charge in [0, 0.05) is 6.42 Å². The van der Waals surface area contributed by atoms with Crippen LogP contribution in [0.4, 0.5) is 0 Å². The van der Waals surface area contributed by atoms with Crippen LogP contribution in [0.3, 0.4) is 0 Å². The summed E-state index contributed by atoms with van der Waals surface area (Å²) in [6, 6.07) is 0. The van der Waals surface area contributed by atoms with Crippen LogP contribution in [-0.4, -0.2) is 12.6 Å². The third kappa shape index (κ3) is 23.8. The van der Waals surface area contributed by atoms with E-state index in [1.54, 1.807) is 0 Å². The van der Waals surface area contributed by atoms with Gasteiger partial charge in [0.1, 0.15) is 0 Å². The average molecular weight is 509 g/mol. The average Bonchev–Trinajstić information content (AvgIpc) is 2.87. The molecule has 0 rings (SSSR count). The Morgan fingerprint density at radius 3 is 1.28 bits per heavy atom. The summed E-state index contributed by atoms with van der Waals surface area (Å²) in [5.41, 5.74) is 0. The zero-order valence-corrected chi connectivity index (χ0v) is 25.6.